The molecule has 6 N–H and O–H groups in total. The fourth-order valence-electron chi connectivity index (χ4n) is 3.97. The molecule has 2 aromatic heterocycles. The number of hydrogen-bond acceptors (Lipinski definition) is 10. The Labute approximate surface area is 287 Å². The van der Waals surface area contributed by atoms with Gasteiger partial charge in [0.1, 0.15) is 24.2 Å². The minimum absolute atomic E-state index is 0. The summed E-state index contributed by atoms with van der Waals surface area (Å²) in [6.45, 7) is 3.17. The Morgan fingerprint density at radius 2 is 1.73 bits per heavy atom. The topological polar surface area (TPSA) is 218 Å². The molecule has 0 aliphatic carbocycles. The second-order valence-corrected chi connectivity index (χ2v) is 10.4. The Kier molecular flexibility index (Phi) is 15.7. The molecule has 2 heterocycles. The number of halogens is 1. The van der Waals surface area contributed by atoms with Gasteiger partial charge in [0.15, 0.2) is 0 Å². The maximum atomic E-state index is 12.6. The van der Waals surface area contributed by atoms with Crippen LogP contribution >= 0.6 is 11.6 Å². The Balaban J connectivity index is 0.000000825. The number of nitrogens with zero attached hydrogens (tertiary/aromatic N) is 4. The molecule has 0 aliphatic heterocycles. The number of benzene rings is 2. The first-order chi connectivity index (χ1) is 23.0. The number of aliphatic carboxylic acids is 2. The number of nitrogens with one attached hydrogen (secondary N) is 2. The lowest BCUT2D eigenvalue weighted by molar-refractivity contribution is -0.134. The maximum Gasteiger partial charge on any atom is 0.328 e. The van der Waals surface area contributed by atoms with Crippen LogP contribution in [0.2, 0.25) is 5.02 Å². The summed E-state index contributed by atoms with van der Waals surface area (Å²) in [7, 11) is 3.84. The number of carboxylic acids is 2. The van der Waals surface area contributed by atoms with E-state index in [0.29, 0.717) is 75.4 Å². The van der Waals surface area contributed by atoms with Gasteiger partial charge >= 0.3 is 11.9 Å². The minimum atomic E-state index is -1.26. The summed E-state index contributed by atoms with van der Waals surface area (Å²) >= 11 is 6.52. The summed E-state index contributed by atoms with van der Waals surface area (Å²) in [6.07, 6.45) is 7.56. The van der Waals surface area contributed by atoms with Crippen LogP contribution in [0.5, 0.6) is 11.5 Å². The Hall–Kier alpha value is -6.01. The van der Waals surface area contributed by atoms with E-state index in [2.05, 4.69) is 26.7 Å². The van der Waals surface area contributed by atoms with Crippen LogP contribution in [-0.2, 0) is 21.0 Å². The van der Waals surface area contributed by atoms with Gasteiger partial charge in [-0.25, -0.2) is 9.59 Å². The average molecular weight is 691 g/mol. The SMILES string of the molecule is CCOc1cc2ncc(C#N)c(Nc3ccc(OCc4ccccn4)c(Cl)c3)c2cc1NC(=O)C=CCN(C)C.O.O=C(O)C=CC(=O)O. The molecule has 0 saturated heterocycles. The predicted octanol–water partition coefficient (Wildman–Crippen LogP) is 4.82. The molecule has 0 saturated carbocycles. The number of nitriles is 1. The molecule has 0 radical (unpaired) electrons. The molecule has 256 valence electrons. The number of amides is 1. The Morgan fingerprint density at radius 3 is 2.33 bits per heavy atom. The molecule has 2 aromatic carbocycles. The first-order valence-corrected chi connectivity index (χ1v) is 14.7. The van der Waals surface area contributed by atoms with Crippen molar-refractivity contribution in [3.8, 4) is 17.6 Å². The highest BCUT2D eigenvalue weighted by atomic mass is 35.5. The van der Waals surface area contributed by atoms with Crippen LogP contribution in [-0.4, -0.2) is 75.6 Å². The quantitative estimate of drug-likeness (QED) is 0.139. The zero-order valence-electron chi connectivity index (χ0n) is 26.8. The number of rotatable bonds is 13. The van der Waals surface area contributed by atoms with Crippen LogP contribution in [0, 0.1) is 11.3 Å². The molecule has 0 bridgehead atoms. The van der Waals surface area contributed by atoms with Crippen LogP contribution in [0.3, 0.4) is 0 Å². The van der Waals surface area contributed by atoms with Crippen molar-refractivity contribution in [3.63, 3.8) is 0 Å². The number of carboxylic acid groups (broad SMARTS) is 2. The van der Waals surface area contributed by atoms with Gasteiger partial charge in [0, 0.05) is 54.3 Å². The van der Waals surface area contributed by atoms with Gasteiger partial charge < -0.3 is 40.7 Å². The van der Waals surface area contributed by atoms with Gasteiger partial charge in [-0.15, -0.1) is 0 Å². The number of aromatic nitrogens is 2. The van der Waals surface area contributed by atoms with Crippen molar-refractivity contribution in [2.24, 2.45) is 0 Å². The third kappa shape index (κ3) is 12.6. The molecular weight excluding hydrogens is 656 g/mol. The summed E-state index contributed by atoms with van der Waals surface area (Å²) in [4.78, 5) is 42.4. The zero-order chi connectivity index (χ0) is 35.1. The number of carbonyl (C=O) groups excluding carboxylic acids is 1. The largest absolute Gasteiger partial charge is 0.492 e. The Morgan fingerprint density at radius 1 is 1.00 bits per heavy atom. The van der Waals surface area contributed by atoms with Crippen LogP contribution in [0.25, 0.3) is 10.9 Å². The van der Waals surface area contributed by atoms with E-state index in [1.807, 2.05) is 44.1 Å². The van der Waals surface area contributed by atoms with Crippen LogP contribution in [0.4, 0.5) is 17.1 Å². The lowest BCUT2D eigenvalue weighted by Crippen LogP contribution is -2.13. The first kappa shape index (κ1) is 39.2. The van der Waals surface area contributed by atoms with E-state index >= 15 is 0 Å². The maximum absolute atomic E-state index is 12.6. The number of likely N-dealkylation sites (N-methyl/N-ethyl adjacent to an activating group) is 1. The molecule has 4 rings (SSSR count). The number of carbonyl (C=O) groups is 3. The first-order valence-electron chi connectivity index (χ1n) is 14.4. The number of ether oxygens (including phenoxy) is 2. The van der Waals surface area contributed by atoms with E-state index in [9.17, 15) is 19.6 Å². The van der Waals surface area contributed by atoms with Gasteiger partial charge in [-0.2, -0.15) is 5.26 Å². The summed E-state index contributed by atoms with van der Waals surface area (Å²) in [5.41, 5.74) is 3.33. The van der Waals surface area contributed by atoms with E-state index in [-0.39, 0.29) is 18.0 Å². The van der Waals surface area contributed by atoms with Crippen LogP contribution in [0.1, 0.15) is 18.2 Å². The molecule has 15 heteroatoms. The molecule has 4 aromatic rings. The lowest BCUT2D eigenvalue weighted by atomic mass is 10.1. The minimum Gasteiger partial charge on any atom is -0.492 e. The van der Waals surface area contributed by atoms with Gasteiger partial charge in [0.2, 0.25) is 5.91 Å². The normalized spacial score (nSPS) is 10.5. The molecule has 0 spiro atoms. The third-order valence-electron chi connectivity index (χ3n) is 6.06. The van der Waals surface area contributed by atoms with Crippen molar-refractivity contribution < 1.29 is 39.5 Å². The standard InChI is InChI=1S/C30H29ClN6O3.C4H4O4.H2O/c1-4-39-28-16-25-23(15-26(28)36-29(38)9-7-13-37(2)3)30(20(17-32)18-34-25)35-21-10-11-27(24(31)14-21)40-19-22-8-5-6-12-33-22;5-3(6)1-2-4(7)8;/h5-12,14-16,18H,4,13,19H2,1-3H3,(H,34,35)(H,36,38);1-2H,(H,5,6)(H,7,8);1H2. The zero-order valence-corrected chi connectivity index (χ0v) is 27.6. The summed E-state index contributed by atoms with van der Waals surface area (Å²) in [5, 5.41) is 32.7. The number of pyridine rings is 2. The smallest absolute Gasteiger partial charge is 0.328 e. The molecule has 0 atom stereocenters. The van der Waals surface area contributed by atoms with Gasteiger partial charge in [0.25, 0.3) is 0 Å². The van der Waals surface area contributed by atoms with Gasteiger partial charge in [-0.1, -0.05) is 23.7 Å². The number of anilines is 3. The predicted molar refractivity (Wildman–Crippen MR) is 185 cm³/mol. The molecule has 0 fully saturated rings. The molecular formula is C34H35ClN6O8. The molecule has 49 heavy (non-hydrogen) atoms. The average Bonchev–Trinajstić information content (AvgIpc) is 3.04. The van der Waals surface area contributed by atoms with Crippen molar-refractivity contribution in [3.05, 3.63) is 102 Å². The number of hydrogen-bond donors (Lipinski definition) is 4. The second-order valence-electron chi connectivity index (χ2n) is 10.0. The van der Waals surface area contributed by atoms with Gasteiger partial charge in [0.05, 0.1) is 39.8 Å². The molecule has 0 unspecified atom stereocenters. The van der Waals surface area contributed by atoms with E-state index in [1.54, 1.807) is 42.6 Å². The molecule has 0 aliphatic rings. The fourth-order valence-corrected chi connectivity index (χ4v) is 4.21. The van der Waals surface area contributed by atoms with Crippen molar-refractivity contribution in [1.82, 2.24) is 14.9 Å². The molecule has 1 amide bonds. The Bertz CT molecular complexity index is 1840. The van der Waals surface area contributed by atoms with Gasteiger partial charge in [-0.3, -0.25) is 14.8 Å². The highest BCUT2D eigenvalue weighted by Gasteiger charge is 2.16. The van der Waals surface area contributed by atoms with Crippen molar-refractivity contribution in [2.45, 2.75) is 13.5 Å². The molecule has 14 nitrogen and oxygen atoms in total. The summed E-state index contributed by atoms with van der Waals surface area (Å²) in [5.74, 6) is -1.83. The highest BCUT2D eigenvalue weighted by molar-refractivity contribution is 6.32. The summed E-state index contributed by atoms with van der Waals surface area (Å²) < 4.78 is 11.6. The lowest BCUT2D eigenvalue weighted by Gasteiger charge is -2.16. The van der Waals surface area contributed by atoms with Crippen LogP contribution in [0.15, 0.2) is 85.2 Å². The summed E-state index contributed by atoms with van der Waals surface area (Å²) in [6, 6.07) is 16.6. The van der Waals surface area contributed by atoms with Crippen molar-refractivity contribution in [1.29, 1.82) is 5.26 Å². The third-order valence-corrected chi connectivity index (χ3v) is 6.35. The number of fused-ring (bicyclic) bond motifs is 1. The van der Waals surface area contributed by atoms with Crippen molar-refractivity contribution in [2.75, 3.05) is 37.9 Å². The fraction of sp³-hybridized carbons (Fsp3) is 0.176. The van der Waals surface area contributed by atoms with E-state index < -0.39 is 11.9 Å². The van der Waals surface area contributed by atoms with Crippen molar-refractivity contribution >= 4 is 57.4 Å². The van der Waals surface area contributed by atoms with E-state index in [0.717, 1.165) is 5.69 Å². The monoisotopic (exact) mass is 690 g/mol. The van der Waals surface area contributed by atoms with E-state index in [4.69, 9.17) is 31.3 Å². The second kappa shape index (κ2) is 19.6. The van der Waals surface area contributed by atoms with Gasteiger partial charge in [-0.05, 0) is 57.4 Å². The highest BCUT2D eigenvalue weighted by Crippen LogP contribution is 2.37. The van der Waals surface area contributed by atoms with Crippen LogP contribution < -0.4 is 20.1 Å². The van der Waals surface area contributed by atoms with E-state index in [1.165, 1.54) is 12.3 Å².